The molecular formula is C26H26F2N4O2. The standard InChI is InChI=1S/C26H26F2N4O2/c1-17-7-3-4-8-19(17)25(33)32-14-11-22-20(16-32)24(34-23-10-9-18(27)15-21(23)28)30-26(29-22)31-12-5-2-6-13-31/h3-4,7-10,15H,2,5-6,11-14,16H2,1H3. The second-order valence-electron chi connectivity index (χ2n) is 8.77. The zero-order valence-corrected chi connectivity index (χ0v) is 19.1. The number of aryl methyl sites for hydroxylation is 1. The molecule has 2 aliphatic rings. The SMILES string of the molecule is Cc1ccccc1C(=O)N1CCc2nc(N3CCCCC3)nc(Oc3ccc(F)cc3F)c2C1. The summed E-state index contributed by atoms with van der Waals surface area (Å²) >= 11 is 0. The number of carbonyl (C=O) groups is 1. The molecule has 3 aromatic rings. The minimum absolute atomic E-state index is 0.0808. The third-order valence-electron chi connectivity index (χ3n) is 6.41. The van der Waals surface area contributed by atoms with Crippen molar-refractivity contribution in [3.05, 3.63) is 76.5 Å². The number of hydrogen-bond acceptors (Lipinski definition) is 5. The van der Waals surface area contributed by atoms with E-state index in [4.69, 9.17) is 9.72 Å². The average Bonchev–Trinajstić information content (AvgIpc) is 2.86. The van der Waals surface area contributed by atoms with Crippen LogP contribution in [0.1, 0.15) is 46.4 Å². The fourth-order valence-electron chi connectivity index (χ4n) is 4.51. The molecular weight excluding hydrogens is 438 g/mol. The number of carbonyl (C=O) groups excluding carboxylic acids is 1. The molecule has 8 heteroatoms. The van der Waals surface area contributed by atoms with E-state index in [9.17, 15) is 13.6 Å². The number of nitrogens with zero attached hydrogens (tertiary/aromatic N) is 4. The third-order valence-corrected chi connectivity index (χ3v) is 6.41. The highest BCUT2D eigenvalue weighted by Gasteiger charge is 2.29. The predicted octanol–water partition coefficient (Wildman–Crippen LogP) is 5.04. The van der Waals surface area contributed by atoms with Crippen LogP contribution in [0.4, 0.5) is 14.7 Å². The lowest BCUT2D eigenvalue weighted by Crippen LogP contribution is -2.38. The van der Waals surface area contributed by atoms with Gasteiger partial charge in [-0.2, -0.15) is 4.98 Å². The van der Waals surface area contributed by atoms with Gasteiger partial charge in [0.1, 0.15) is 5.82 Å². The summed E-state index contributed by atoms with van der Waals surface area (Å²) in [5.41, 5.74) is 2.99. The molecule has 6 nitrogen and oxygen atoms in total. The summed E-state index contributed by atoms with van der Waals surface area (Å²) in [5, 5.41) is 0. The van der Waals surface area contributed by atoms with Crippen LogP contribution in [0.3, 0.4) is 0 Å². The largest absolute Gasteiger partial charge is 0.435 e. The lowest BCUT2D eigenvalue weighted by atomic mass is 10.0. The van der Waals surface area contributed by atoms with Crippen LogP contribution in [0.15, 0.2) is 42.5 Å². The lowest BCUT2D eigenvalue weighted by Gasteiger charge is -2.32. The van der Waals surface area contributed by atoms with Crippen molar-refractivity contribution < 1.29 is 18.3 Å². The fraction of sp³-hybridized carbons (Fsp3) is 0.346. The average molecular weight is 465 g/mol. The molecule has 0 bridgehead atoms. The molecule has 5 rings (SSSR count). The Hall–Kier alpha value is -3.55. The van der Waals surface area contributed by atoms with Gasteiger partial charge in [-0.05, 0) is 49.9 Å². The number of piperidine rings is 1. The van der Waals surface area contributed by atoms with Crippen molar-refractivity contribution in [2.45, 2.75) is 39.2 Å². The van der Waals surface area contributed by atoms with Gasteiger partial charge >= 0.3 is 0 Å². The van der Waals surface area contributed by atoms with Crippen molar-refractivity contribution in [1.82, 2.24) is 14.9 Å². The molecule has 0 aliphatic carbocycles. The fourth-order valence-corrected chi connectivity index (χ4v) is 4.51. The Balaban J connectivity index is 1.51. The van der Waals surface area contributed by atoms with Crippen molar-refractivity contribution in [2.75, 3.05) is 24.5 Å². The second kappa shape index (κ2) is 9.37. The summed E-state index contributed by atoms with van der Waals surface area (Å²) in [6.07, 6.45) is 3.82. The van der Waals surface area contributed by atoms with Crippen LogP contribution in [0.25, 0.3) is 0 Å². The summed E-state index contributed by atoms with van der Waals surface area (Å²) in [7, 11) is 0. The van der Waals surface area contributed by atoms with Gasteiger partial charge in [0.25, 0.3) is 5.91 Å². The smallest absolute Gasteiger partial charge is 0.254 e. The normalized spacial score (nSPS) is 15.7. The first kappa shape index (κ1) is 22.3. The van der Waals surface area contributed by atoms with E-state index in [0.29, 0.717) is 30.0 Å². The highest BCUT2D eigenvalue weighted by molar-refractivity contribution is 5.95. The minimum Gasteiger partial charge on any atom is -0.435 e. The third kappa shape index (κ3) is 4.44. The number of benzene rings is 2. The van der Waals surface area contributed by atoms with Crippen molar-refractivity contribution in [3.63, 3.8) is 0 Å². The number of rotatable bonds is 4. The van der Waals surface area contributed by atoms with Crippen molar-refractivity contribution >= 4 is 11.9 Å². The van der Waals surface area contributed by atoms with Crippen molar-refractivity contribution in [3.8, 4) is 11.6 Å². The van der Waals surface area contributed by atoms with Crippen LogP contribution < -0.4 is 9.64 Å². The maximum atomic E-state index is 14.4. The maximum Gasteiger partial charge on any atom is 0.254 e. The van der Waals surface area contributed by atoms with E-state index in [1.54, 1.807) is 4.90 Å². The zero-order chi connectivity index (χ0) is 23.7. The molecule has 176 valence electrons. The van der Waals surface area contributed by atoms with Crippen LogP contribution in [0, 0.1) is 18.6 Å². The Labute approximate surface area is 197 Å². The van der Waals surface area contributed by atoms with Gasteiger partial charge < -0.3 is 14.5 Å². The van der Waals surface area contributed by atoms with Gasteiger partial charge in [0.2, 0.25) is 11.8 Å². The molecule has 0 saturated carbocycles. The molecule has 2 aliphatic heterocycles. The lowest BCUT2D eigenvalue weighted by molar-refractivity contribution is 0.0731. The first-order valence-electron chi connectivity index (χ1n) is 11.6. The van der Waals surface area contributed by atoms with E-state index >= 15 is 0 Å². The molecule has 34 heavy (non-hydrogen) atoms. The maximum absolute atomic E-state index is 14.4. The molecule has 0 radical (unpaired) electrons. The first-order chi connectivity index (χ1) is 16.5. The van der Waals surface area contributed by atoms with Crippen molar-refractivity contribution in [1.29, 1.82) is 0 Å². The topological polar surface area (TPSA) is 58.6 Å². The number of ether oxygens (including phenoxy) is 1. The molecule has 0 atom stereocenters. The predicted molar refractivity (Wildman–Crippen MR) is 124 cm³/mol. The van der Waals surface area contributed by atoms with Crippen molar-refractivity contribution in [2.24, 2.45) is 0 Å². The van der Waals surface area contributed by atoms with E-state index in [-0.39, 0.29) is 24.1 Å². The van der Waals surface area contributed by atoms with E-state index in [1.807, 2.05) is 31.2 Å². The molecule has 1 fully saturated rings. The van der Waals surface area contributed by atoms with Crippen LogP contribution in [-0.4, -0.2) is 40.4 Å². The molecule has 1 aromatic heterocycles. The molecule has 0 spiro atoms. The van der Waals surface area contributed by atoms with Gasteiger partial charge in [-0.15, -0.1) is 0 Å². The molecule has 1 saturated heterocycles. The Morgan fingerprint density at radius 2 is 1.79 bits per heavy atom. The van der Waals surface area contributed by atoms with E-state index in [1.165, 1.54) is 12.5 Å². The number of anilines is 1. The number of aromatic nitrogens is 2. The highest BCUT2D eigenvalue weighted by atomic mass is 19.1. The van der Waals surface area contributed by atoms with E-state index in [2.05, 4.69) is 9.88 Å². The molecule has 3 heterocycles. The molecule has 2 aromatic carbocycles. The summed E-state index contributed by atoms with van der Waals surface area (Å²) in [4.78, 5) is 26.5. The van der Waals surface area contributed by atoms with E-state index < -0.39 is 11.6 Å². The van der Waals surface area contributed by atoms with Crippen LogP contribution in [0.2, 0.25) is 0 Å². The number of halogens is 2. The van der Waals surface area contributed by atoms with Gasteiger partial charge in [0, 0.05) is 37.7 Å². The van der Waals surface area contributed by atoms with Gasteiger partial charge in [0.15, 0.2) is 11.6 Å². The second-order valence-corrected chi connectivity index (χ2v) is 8.77. The number of hydrogen-bond donors (Lipinski definition) is 0. The quantitative estimate of drug-likeness (QED) is 0.541. The highest BCUT2D eigenvalue weighted by Crippen LogP contribution is 2.33. The van der Waals surface area contributed by atoms with Crippen LogP contribution in [-0.2, 0) is 13.0 Å². The first-order valence-corrected chi connectivity index (χ1v) is 11.6. The van der Waals surface area contributed by atoms with Gasteiger partial charge in [-0.25, -0.2) is 13.8 Å². The zero-order valence-electron chi connectivity index (χ0n) is 19.1. The molecule has 0 unspecified atom stereocenters. The Morgan fingerprint density at radius 3 is 2.56 bits per heavy atom. The molecule has 0 N–H and O–H groups in total. The van der Waals surface area contributed by atoms with Gasteiger partial charge in [-0.3, -0.25) is 4.79 Å². The summed E-state index contributed by atoms with van der Waals surface area (Å²) in [6.45, 7) is 4.37. The summed E-state index contributed by atoms with van der Waals surface area (Å²) in [5.74, 6) is -0.931. The Morgan fingerprint density at radius 1 is 1.00 bits per heavy atom. The molecule has 1 amide bonds. The Bertz CT molecular complexity index is 1230. The number of fused-ring (bicyclic) bond motifs is 1. The minimum atomic E-state index is -0.810. The van der Waals surface area contributed by atoms with Crippen LogP contribution >= 0.6 is 0 Å². The van der Waals surface area contributed by atoms with Gasteiger partial charge in [-0.1, -0.05) is 18.2 Å². The van der Waals surface area contributed by atoms with Crippen LogP contribution in [0.5, 0.6) is 11.6 Å². The summed E-state index contributed by atoms with van der Waals surface area (Å²) in [6, 6.07) is 10.6. The van der Waals surface area contributed by atoms with E-state index in [0.717, 1.165) is 49.3 Å². The van der Waals surface area contributed by atoms with Gasteiger partial charge in [0.05, 0.1) is 17.8 Å². The summed E-state index contributed by atoms with van der Waals surface area (Å²) < 4.78 is 33.7. The Kier molecular flexibility index (Phi) is 6.13. The number of amides is 1. The monoisotopic (exact) mass is 464 g/mol.